The Kier molecular flexibility index (Phi) is 4.93. The molecule has 1 unspecified atom stereocenters. The van der Waals surface area contributed by atoms with Gasteiger partial charge in [-0.3, -0.25) is 9.59 Å². The van der Waals surface area contributed by atoms with Gasteiger partial charge in [0.25, 0.3) is 5.91 Å². The molecule has 1 N–H and O–H groups in total. The SMILES string of the molecule is Cc1ccc(C2CCCCN2C(=O)c2c(C)coc2CC(=O)O)cc1. The van der Waals surface area contributed by atoms with Gasteiger partial charge in [-0.1, -0.05) is 29.8 Å². The molecule has 25 heavy (non-hydrogen) atoms. The van der Waals surface area contributed by atoms with Crippen LogP contribution in [0.5, 0.6) is 0 Å². The summed E-state index contributed by atoms with van der Waals surface area (Å²) < 4.78 is 5.35. The topological polar surface area (TPSA) is 70.8 Å². The highest BCUT2D eigenvalue weighted by molar-refractivity contribution is 5.97. The second-order valence-electron chi connectivity index (χ2n) is 6.71. The molecule has 1 amide bonds. The number of furan rings is 1. The summed E-state index contributed by atoms with van der Waals surface area (Å²) in [5.74, 6) is -0.895. The number of aliphatic carboxylic acids is 1. The first-order valence-corrected chi connectivity index (χ1v) is 8.63. The molecule has 0 aliphatic carbocycles. The minimum Gasteiger partial charge on any atom is -0.481 e. The van der Waals surface area contributed by atoms with Crippen LogP contribution in [0.15, 0.2) is 34.9 Å². The summed E-state index contributed by atoms with van der Waals surface area (Å²) in [4.78, 5) is 26.1. The van der Waals surface area contributed by atoms with E-state index in [1.807, 2.05) is 11.8 Å². The summed E-state index contributed by atoms with van der Waals surface area (Å²) in [6.07, 6.45) is 4.14. The van der Waals surface area contributed by atoms with Gasteiger partial charge in [0.1, 0.15) is 12.2 Å². The number of aryl methyl sites for hydroxylation is 2. The zero-order valence-electron chi connectivity index (χ0n) is 14.6. The van der Waals surface area contributed by atoms with Crippen molar-refractivity contribution in [3.05, 3.63) is 58.5 Å². The molecule has 1 fully saturated rings. The van der Waals surface area contributed by atoms with Crippen molar-refractivity contribution in [2.45, 2.75) is 45.6 Å². The standard InChI is InChI=1S/C20H23NO4/c1-13-6-8-15(9-7-13)16-5-3-4-10-21(16)20(24)19-14(2)12-25-17(19)11-18(22)23/h6-9,12,16H,3-5,10-11H2,1-2H3,(H,22,23). The summed E-state index contributed by atoms with van der Waals surface area (Å²) in [6.45, 7) is 4.50. The molecule has 0 spiro atoms. The molecular formula is C20H23NO4. The highest BCUT2D eigenvalue weighted by Gasteiger charge is 2.32. The van der Waals surface area contributed by atoms with Crippen molar-refractivity contribution in [1.82, 2.24) is 4.90 Å². The van der Waals surface area contributed by atoms with Crippen molar-refractivity contribution in [2.75, 3.05) is 6.54 Å². The summed E-state index contributed by atoms with van der Waals surface area (Å²) in [5.41, 5.74) is 3.40. The van der Waals surface area contributed by atoms with Crippen molar-refractivity contribution in [3.63, 3.8) is 0 Å². The second kappa shape index (κ2) is 7.13. The number of piperidine rings is 1. The number of hydrogen-bond acceptors (Lipinski definition) is 3. The minimum absolute atomic E-state index is 0.0221. The molecular weight excluding hydrogens is 318 g/mol. The van der Waals surface area contributed by atoms with E-state index in [0.717, 1.165) is 24.8 Å². The molecule has 5 nitrogen and oxygen atoms in total. The molecule has 0 radical (unpaired) electrons. The summed E-state index contributed by atoms with van der Waals surface area (Å²) in [7, 11) is 0. The maximum absolute atomic E-state index is 13.2. The molecule has 132 valence electrons. The summed E-state index contributed by atoms with van der Waals surface area (Å²) >= 11 is 0. The monoisotopic (exact) mass is 341 g/mol. The van der Waals surface area contributed by atoms with Gasteiger partial charge < -0.3 is 14.4 Å². The van der Waals surface area contributed by atoms with Crippen LogP contribution in [0.4, 0.5) is 0 Å². The van der Waals surface area contributed by atoms with Crippen LogP contribution in [0.3, 0.4) is 0 Å². The van der Waals surface area contributed by atoms with Gasteiger partial charge in [-0.15, -0.1) is 0 Å². The van der Waals surface area contributed by atoms with Crippen molar-refractivity contribution >= 4 is 11.9 Å². The maximum Gasteiger partial charge on any atom is 0.311 e. The molecule has 1 saturated heterocycles. The van der Waals surface area contributed by atoms with Gasteiger partial charge in [0, 0.05) is 12.1 Å². The number of rotatable bonds is 4. The van der Waals surface area contributed by atoms with Crippen LogP contribution >= 0.6 is 0 Å². The molecule has 5 heteroatoms. The van der Waals surface area contributed by atoms with Crippen LogP contribution in [-0.4, -0.2) is 28.4 Å². The Labute approximate surface area is 147 Å². The third-order valence-corrected chi connectivity index (χ3v) is 4.80. The second-order valence-corrected chi connectivity index (χ2v) is 6.71. The van der Waals surface area contributed by atoms with E-state index < -0.39 is 5.97 Å². The number of likely N-dealkylation sites (tertiary alicyclic amines) is 1. The lowest BCUT2D eigenvalue weighted by molar-refractivity contribution is -0.136. The van der Waals surface area contributed by atoms with Crippen molar-refractivity contribution in [1.29, 1.82) is 0 Å². The third kappa shape index (κ3) is 3.60. The van der Waals surface area contributed by atoms with Crippen molar-refractivity contribution in [3.8, 4) is 0 Å². The normalized spacial score (nSPS) is 17.5. The Hall–Kier alpha value is -2.56. The van der Waals surface area contributed by atoms with Gasteiger partial charge in [0.2, 0.25) is 0 Å². The van der Waals surface area contributed by atoms with E-state index in [9.17, 15) is 9.59 Å². The molecule has 0 bridgehead atoms. The Bertz CT molecular complexity index is 775. The number of amides is 1. The first-order valence-electron chi connectivity index (χ1n) is 8.63. The van der Waals surface area contributed by atoms with Crippen LogP contribution in [0.1, 0.15) is 58.1 Å². The van der Waals surface area contributed by atoms with Crippen molar-refractivity contribution < 1.29 is 19.1 Å². The molecule has 2 heterocycles. The Morgan fingerprint density at radius 3 is 2.60 bits per heavy atom. The predicted molar refractivity (Wildman–Crippen MR) is 93.6 cm³/mol. The van der Waals surface area contributed by atoms with Crippen LogP contribution in [-0.2, 0) is 11.2 Å². The van der Waals surface area contributed by atoms with Crippen LogP contribution in [0.2, 0.25) is 0 Å². The zero-order valence-corrected chi connectivity index (χ0v) is 14.6. The fourth-order valence-electron chi connectivity index (χ4n) is 3.51. The molecule has 0 saturated carbocycles. The molecule has 3 rings (SSSR count). The number of carbonyl (C=O) groups is 2. The average molecular weight is 341 g/mol. The van der Waals surface area contributed by atoms with Crippen molar-refractivity contribution in [2.24, 2.45) is 0 Å². The van der Waals surface area contributed by atoms with E-state index in [1.54, 1.807) is 6.92 Å². The largest absolute Gasteiger partial charge is 0.481 e. The van der Waals surface area contributed by atoms with Gasteiger partial charge in [-0.05, 0) is 38.7 Å². The molecule has 1 aromatic heterocycles. The molecule has 1 aliphatic heterocycles. The minimum atomic E-state index is -1.00. The van der Waals surface area contributed by atoms with Crippen LogP contribution in [0, 0.1) is 13.8 Å². The zero-order chi connectivity index (χ0) is 18.0. The lowest BCUT2D eigenvalue weighted by Crippen LogP contribution is -2.39. The first-order chi connectivity index (χ1) is 12.0. The highest BCUT2D eigenvalue weighted by atomic mass is 16.4. The fourth-order valence-corrected chi connectivity index (χ4v) is 3.51. The third-order valence-electron chi connectivity index (χ3n) is 4.80. The average Bonchev–Trinajstić information content (AvgIpc) is 2.94. The molecule has 1 atom stereocenters. The van der Waals surface area contributed by atoms with Gasteiger partial charge in [0.15, 0.2) is 0 Å². The Balaban J connectivity index is 1.93. The van der Waals surface area contributed by atoms with E-state index in [4.69, 9.17) is 9.52 Å². The molecule has 2 aromatic rings. The fraction of sp³-hybridized carbons (Fsp3) is 0.400. The number of benzene rings is 1. The lowest BCUT2D eigenvalue weighted by atomic mass is 9.93. The number of hydrogen-bond donors (Lipinski definition) is 1. The first kappa shape index (κ1) is 17.3. The Morgan fingerprint density at radius 2 is 1.92 bits per heavy atom. The van der Waals surface area contributed by atoms with E-state index in [-0.39, 0.29) is 24.1 Å². The van der Waals surface area contributed by atoms with E-state index >= 15 is 0 Å². The van der Waals surface area contributed by atoms with Gasteiger partial charge >= 0.3 is 5.97 Å². The quantitative estimate of drug-likeness (QED) is 0.916. The summed E-state index contributed by atoms with van der Waals surface area (Å²) in [6, 6.07) is 8.29. The van der Waals surface area contributed by atoms with Gasteiger partial charge in [-0.25, -0.2) is 0 Å². The number of carboxylic acid groups (broad SMARTS) is 1. The highest BCUT2D eigenvalue weighted by Crippen LogP contribution is 2.33. The predicted octanol–water partition coefficient (Wildman–Crippen LogP) is 3.89. The van der Waals surface area contributed by atoms with E-state index in [2.05, 4.69) is 24.3 Å². The molecule has 1 aromatic carbocycles. The van der Waals surface area contributed by atoms with E-state index in [0.29, 0.717) is 17.7 Å². The van der Waals surface area contributed by atoms with Crippen LogP contribution in [0.25, 0.3) is 0 Å². The van der Waals surface area contributed by atoms with Gasteiger partial charge in [-0.2, -0.15) is 0 Å². The smallest absolute Gasteiger partial charge is 0.311 e. The van der Waals surface area contributed by atoms with E-state index in [1.165, 1.54) is 11.8 Å². The van der Waals surface area contributed by atoms with Crippen LogP contribution < -0.4 is 0 Å². The van der Waals surface area contributed by atoms with Gasteiger partial charge in [0.05, 0.1) is 17.9 Å². The summed E-state index contributed by atoms with van der Waals surface area (Å²) in [5, 5.41) is 9.06. The molecule has 1 aliphatic rings. The Morgan fingerprint density at radius 1 is 1.20 bits per heavy atom. The lowest BCUT2D eigenvalue weighted by Gasteiger charge is -2.36. The number of carboxylic acids is 1. The maximum atomic E-state index is 13.2. The number of carbonyl (C=O) groups excluding carboxylic acids is 1. The number of nitrogens with zero attached hydrogens (tertiary/aromatic N) is 1.